The normalized spacial score (nSPS) is 16.0. The van der Waals surface area contributed by atoms with Crippen molar-refractivity contribution < 1.29 is 18.0 Å². The van der Waals surface area contributed by atoms with Gasteiger partial charge in [-0.05, 0) is 20.3 Å². The highest BCUT2D eigenvalue weighted by molar-refractivity contribution is 5.76. The molecule has 0 saturated carbocycles. The van der Waals surface area contributed by atoms with Gasteiger partial charge in [0.2, 0.25) is 11.7 Å². The molecule has 9 heteroatoms. The van der Waals surface area contributed by atoms with Crippen LogP contribution in [0.2, 0.25) is 0 Å². The zero-order valence-corrected chi connectivity index (χ0v) is 11.9. The maximum atomic E-state index is 12.7. The maximum Gasteiger partial charge on any atom is 0.451 e. The third kappa shape index (κ3) is 3.72. The van der Waals surface area contributed by atoms with Crippen LogP contribution in [-0.2, 0) is 24.1 Å². The zero-order chi connectivity index (χ0) is 15.8. The number of hydrogen-bond donors (Lipinski definition) is 1. The highest BCUT2D eigenvalue weighted by Gasteiger charge is 2.39. The number of amides is 1. The molecule has 0 unspecified atom stereocenters. The van der Waals surface area contributed by atoms with Crippen LogP contribution in [0.3, 0.4) is 0 Å². The molecule has 0 atom stereocenters. The summed E-state index contributed by atoms with van der Waals surface area (Å²) in [5, 5.41) is 6.72. The molecule has 0 radical (unpaired) electrons. The number of hydrogen-bond acceptors (Lipinski definition) is 4. The number of carbonyl (C=O) groups is 1. The van der Waals surface area contributed by atoms with Crippen LogP contribution in [0, 0.1) is 0 Å². The highest BCUT2D eigenvalue weighted by Crippen LogP contribution is 2.29. The lowest BCUT2D eigenvalue weighted by atomic mass is 9.99. The number of nitrogens with two attached hydrogens (primary N) is 1. The average Bonchev–Trinajstić information content (AvgIpc) is 2.77. The van der Waals surface area contributed by atoms with Crippen LogP contribution in [0.1, 0.15) is 38.3 Å². The van der Waals surface area contributed by atoms with Gasteiger partial charge < -0.3 is 15.2 Å². The van der Waals surface area contributed by atoms with Gasteiger partial charge >= 0.3 is 6.18 Å². The summed E-state index contributed by atoms with van der Waals surface area (Å²) in [5.41, 5.74) is 5.37. The molecule has 0 spiro atoms. The number of rotatable bonds is 3. The Hall–Kier alpha value is -1.64. The molecule has 0 bridgehead atoms. The van der Waals surface area contributed by atoms with Crippen LogP contribution in [0.5, 0.6) is 0 Å². The molecular weight excluding hydrogens is 287 g/mol. The fraction of sp³-hybridized carbons (Fsp3) is 0.750. The molecule has 0 saturated heterocycles. The van der Waals surface area contributed by atoms with Gasteiger partial charge in [-0.3, -0.25) is 4.79 Å². The summed E-state index contributed by atoms with van der Waals surface area (Å²) in [5.74, 6) is -0.974. The molecular formula is C12H18F3N5O. The number of nitrogens with zero attached hydrogens (tertiary/aromatic N) is 4. The molecule has 0 aromatic carbocycles. The second-order valence-electron chi connectivity index (χ2n) is 5.89. The Morgan fingerprint density at radius 2 is 1.95 bits per heavy atom. The van der Waals surface area contributed by atoms with Gasteiger partial charge in [0.1, 0.15) is 0 Å². The van der Waals surface area contributed by atoms with Crippen LogP contribution in [-0.4, -0.2) is 37.7 Å². The van der Waals surface area contributed by atoms with Crippen molar-refractivity contribution in [3.8, 4) is 0 Å². The Labute approximate surface area is 120 Å². The van der Waals surface area contributed by atoms with Gasteiger partial charge in [0.05, 0.1) is 6.54 Å². The van der Waals surface area contributed by atoms with Crippen molar-refractivity contribution in [2.45, 2.75) is 51.5 Å². The van der Waals surface area contributed by atoms with E-state index in [2.05, 4.69) is 10.2 Å². The van der Waals surface area contributed by atoms with E-state index in [9.17, 15) is 18.0 Å². The van der Waals surface area contributed by atoms with Crippen molar-refractivity contribution in [3.05, 3.63) is 11.6 Å². The quantitative estimate of drug-likeness (QED) is 0.909. The van der Waals surface area contributed by atoms with E-state index in [1.807, 2.05) is 13.8 Å². The van der Waals surface area contributed by atoms with Crippen molar-refractivity contribution in [2.75, 3.05) is 6.54 Å². The smallest absolute Gasteiger partial charge is 0.333 e. The first-order valence-corrected chi connectivity index (χ1v) is 6.64. The molecule has 1 aliphatic rings. The van der Waals surface area contributed by atoms with E-state index in [1.165, 1.54) is 4.90 Å². The number of alkyl halides is 3. The van der Waals surface area contributed by atoms with Crippen molar-refractivity contribution >= 4 is 5.91 Å². The Morgan fingerprint density at radius 3 is 2.52 bits per heavy atom. The second-order valence-corrected chi connectivity index (χ2v) is 5.89. The van der Waals surface area contributed by atoms with E-state index in [-0.39, 0.29) is 37.8 Å². The minimum absolute atomic E-state index is 0.0485. The zero-order valence-electron chi connectivity index (χ0n) is 11.9. The lowest BCUT2D eigenvalue weighted by Gasteiger charge is -2.29. The van der Waals surface area contributed by atoms with Gasteiger partial charge in [-0.1, -0.05) is 0 Å². The molecule has 2 heterocycles. The predicted octanol–water partition coefficient (Wildman–Crippen LogP) is 1.16. The lowest BCUT2D eigenvalue weighted by molar-refractivity contribution is -0.148. The van der Waals surface area contributed by atoms with Crippen molar-refractivity contribution in [3.63, 3.8) is 0 Å². The van der Waals surface area contributed by atoms with Crippen LogP contribution in [0.4, 0.5) is 13.2 Å². The second kappa shape index (κ2) is 5.28. The van der Waals surface area contributed by atoms with Gasteiger partial charge in [-0.15, -0.1) is 10.2 Å². The van der Waals surface area contributed by atoms with Crippen LogP contribution in [0.25, 0.3) is 0 Å². The first-order chi connectivity index (χ1) is 9.58. The van der Waals surface area contributed by atoms with E-state index in [4.69, 9.17) is 5.73 Å². The Bertz CT molecular complexity index is 532. The number of aromatic nitrogens is 3. The third-order valence-electron chi connectivity index (χ3n) is 3.34. The molecule has 2 rings (SSSR count). The minimum Gasteiger partial charge on any atom is -0.333 e. The first kappa shape index (κ1) is 15.7. The number of fused-ring (bicyclic) bond motifs is 1. The standard InChI is InChI=1S/C12H18F3N5O/c1-11(2,16)4-3-9(21)19-5-6-20-8(7-19)17-18-10(20)12(13,14)15/h3-7,16H2,1-2H3. The summed E-state index contributed by atoms with van der Waals surface area (Å²) in [6.07, 6.45) is -3.74. The van der Waals surface area contributed by atoms with Crippen LogP contribution in [0.15, 0.2) is 0 Å². The van der Waals surface area contributed by atoms with Crippen LogP contribution >= 0.6 is 0 Å². The highest BCUT2D eigenvalue weighted by atomic mass is 19.4. The first-order valence-electron chi connectivity index (χ1n) is 6.64. The monoisotopic (exact) mass is 305 g/mol. The molecule has 0 aliphatic carbocycles. The number of carbonyl (C=O) groups excluding carboxylic acids is 1. The fourth-order valence-corrected chi connectivity index (χ4v) is 2.17. The molecule has 0 fully saturated rings. The van der Waals surface area contributed by atoms with E-state index < -0.39 is 17.5 Å². The fourth-order valence-electron chi connectivity index (χ4n) is 2.17. The Kier molecular flexibility index (Phi) is 3.96. The molecule has 1 aromatic heterocycles. The molecule has 21 heavy (non-hydrogen) atoms. The van der Waals surface area contributed by atoms with Crippen molar-refractivity contribution in [2.24, 2.45) is 5.73 Å². The predicted molar refractivity (Wildman–Crippen MR) is 67.9 cm³/mol. The summed E-state index contributed by atoms with van der Waals surface area (Å²) in [7, 11) is 0. The summed E-state index contributed by atoms with van der Waals surface area (Å²) in [6, 6.07) is 0. The lowest BCUT2D eigenvalue weighted by Crippen LogP contribution is -2.41. The molecule has 1 amide bonds. The van der Waals surface area contributed by atoms with Gasteiger partial charge in [-0.25, -0.2) is 0 Å². The summed E-state index contributed by atoms with van der Waals surface area (Å²) in [4.78, 5) is 13.5. The Morgan fingerprint density at radius 1 is 1.29 bits per heavy atom. The number of halogens is 3. The van der Waals surface area contributed by atoms with Crippen molar-refractivity contribution in [1.82, 2.24) is 19.7 Å². The van der Waals surface area contributed by atoms with E-state index in [1.54, 1.807) is 0 Å². The molecule has 6 nitrogen and oxygen atoms in total. The van der Waals surface area contributed by atoms with Gasteiger partial charge in [0, 0.05) is 25.0 Å². The van der Waals surface area contributed by atoms with E-state index in [0.29, 0.717) is 6.42 Å². The minimum atomic E-state index is -4.53. The molecule has 118 valence electrons. The molecule has 2 N–H and O–H groups in total. The van der Waals surface area contributed by atoms with E-state index in [0.717, 1.165) is 4.57 Å². The van der Waals surface area contributed by atoms with Gasteiger partial charge in [0.15, 0.2) is 5.82 Å². The largest absolute Gasteiger partial charge is 0.451 e. The van der Waals surface area contributed by atoms with E-state index >= 15 is 0 Å². The van der Waals surface area contributed by atoms with Gasteiger partial charge in [0.25, 0.3) is 0 Å². The summed E-state index contributed by atoms with van der Waals surface area (Å²) in [6.45, 7) is 3.96. The maximum absolute atomic E-state index is 12.7. The Balaban J connectivity index is 2.04. The average molecular weight is 305 g/mol. The van der Waals surface area contributed by atoms with Crippen molar-refractivity contribution in [1.29, 1.82) is 0 Å². The topological polar surface area (TPSA) is 77.0 Å². The van der Waals surface area contributed by atoms with Crippen LogP contribution < -0.4 is 5.73 Å². The summed E-state index contributed by atoms with van der Waals surface area (Å²) >= 11 is 0. The SMILES string of the molecule is CC(C)(N)CCC(=O)N1CCn2c(nnc2C(F)(F)F)C1. The summed E-state index contributed by atoms with van der Waals surface area (Å²) < 4.78 is 39.1. The third-order valence-corrected chi connectivity index (χ3v) is 3.34. The molecule has 1 aliphatic heterocycles. The molecule has 1 aromatic rings. The van der Waals surface area contributed by atoms with Gasteiger partial charge in [-0.2, -0.15) is 13.2 Å².